The Morgan fingerprint density at radius 1 is 1.21 bits per heavy atom. The molecular weight excluding hydrogens is 405 g/mol. The predicted molar refractivity (Wildman–Crippen MR) is 105 cm³/mol. The molecule has 29 heavy (non-hydrogen) atoms. The van der Waals surface area contributed by atoms with Crippen molar-refractivity contribution < 1.29 is 17.9 Å². The number of piperidine rings is 1. The van der Waals surface area contributed by atoms with E-state index in [0.29, 0.717) is 0 Å². The Bertz CT molecular complexity index is 1070. The van der Waals surface area contributed by atoms with Crippen molar-refractivity contribution in [3.05, 3.63) is 46.4 Å². The highest BCUT2D eigenvalue weighted by Gasteiger charge is 2.33. The molecule has 0 N–H and O–H groups in total. The second-order valence-corrected chi connectivity index (χ2v) is 7.98. The molecule has 1 aromatic carbocycles. The maximum atomic E-state index is 12.9. The minimum Gasteiger partial charge on any atom is -0.494 e. The van der Waals surface area contributed by atoms with Crippen LogP contribution in [0.4, 0.5) is 18.3 Å². The molecule has 0 radical (unpaired) electrons. The lowest BCUT2D eigenvalue weighted by atomic mass is 9.97. The van der Waals surface area contributed by atoms with E-state index in [-0.39, 0.29) is 12.5 Å². The van der Waals surface area contributed by atoms with Crippen molar-refractivity contribution >= 4 is 26.7 Å². The van der Waals surface area contributed by atoms with E-state index in [1.54, 1.807) is 18.4 Å². The lowest BCUT2D eigenvalue weighted by Gasteiger charge is -2.31. The summed E-state index contributed by atoms with van der Waals surface area (Å²) in [5.41, 5.74) is -0.728. The minimum atomic E-state index is -4.56. The molecule has 0 amide bonds. The Kier molecular flexibility index (Phi) is 5.20. The van der Waals surface area contributed by atoms with Crippen LogP contribution < -0.4 is 15.2 Å². The molecule has 10 heteroatoms. The summed E-state index contributed by atoms with van der Waals surface area (Å²) in [6.07, 6.45) is -3.07. The fourth-order valence-corrected chi connectivity index (χ4v) is 4.53. The molecule has 3 aromatic rings. The van der Waals surface area contributed by atoms with Gasteiger partial charge in [0.1, 0.15) is 11.3 Å². The second-order valence-electron chi connectivity index (χ2n) is 6.97. The summed E-state index contributed by atoms with van der Waals surface area (Å²) in [5.74, 6) is 0.818. The van der Waals surface area contributed by atoms with E-state index < -0.39 is 17.4 Å². The van der Waals surface area contributed by atoms with Gasteiger partial charge >= 0.3 is 6.18 Å². The Morgan fingerprint density at radius 3 is 2.66 bits per heavy atom. The third kappa shape index (κ3) is 4.07. The number of alkyl halides is 3. The number of thiazole rings is 1. The molecule has 154 valence electrons. The molecular formula is C19H19F3N4O2S. The molecule has 0 aliphatic carbocycles. The van der Waals surface area contributed by atoms with Gasteiger partial charge in [-0.3, -0.25) is 4.79 Å². The van der Waals surface area contributed by atoms with Crippen LogP contribution in [0.3, 0.4) is 0 Å². The van der Waals surface area contributed by atoms with Gasteiger partial charge in [0, 0.05) is 25.7 Å². The van der Waals surface area contributed by atoms with E-state index >= 15 is 0 Å². The zero-order valence-electron chi connectivity index (χ0n) is 15.6. The van der Waals surface area contributed by atoms with E-state index in [1.165, 1.54) is 0 Å². The standard InChI is InChI=1S/C19H19F3N4O2S/c1-28-13-3-2-4-14-17(13)23-18(29-14)25-9-7-12(8-10-25)11-26-16(27)6-5-15(24-26)19(20,21)22/h2-6,12H,7-11H2,1H3. The molecule has 1 fully saturated rings. The van der Waals surface area contributed by atoms with Crippen LogP contribution in [-0.2, 0) is 12.7 Å². The van der Waals surface area contributed by atoms with Gasteiger partial charge < -0.3 is 9.64 Å². The number of nitrogens with zero attached hydrogens (tertiary/aromatic N) is 4. The van der Waals surface area contributed by atoms with Gasteiger partial charge in [-0.1, -0.05) is 17.4 Å². The number of rotatable bonds is 4. The van der Waals surface area contributed by atoms with Crippen LogP contribution >= 0.6 is 11.3 Å². The number of halogens is 3. The van der Waals surface area contributed by atoms with Crippen molar-refractivity contribution in [2.75, 3.05) is 25.1 Å². The normalized spacial score (nSPS) is 15.8. The number of ether oxygens (including phenoxy) is 1. The van der Waals surface area contributed by atoms with E-state index in [1.807, 2.05) is 18.2 Å². The number of para-hydroxylation sites is 1. The fraction of sp³-hybridized carbons (Fsp3) is 0.421. The molecule has 0 spiro atoms. The molecule has 0 saturated carbocycles. The molecule has 6 nitrogen and oxygen atoms in total. The monoisotopic (exact) mass is 424 g/mol. The summed E-state index contributed by atoms with van der Waals surface area (Å²) in [6, 6.07) is 7.45. The van der Waals surface area contributed by atoms with Gasteiger partial charge in [-0.15, -0.1) is 0 Å². The molecule has 2 aromatic heterocycles. The molecule has 1 aliphatic heterocycles. The van der Waals surface area contributed by atoms with Gasteiger partial charge in [0.25, 0.3) is 5.56 Å². The van der Waals surface area contributed by atoms with Crippen LogP contribution in [0.1, 0.15) is 18.5 Å². The fourth-order valence-electron chi connectivity index (χ4n) is 3.49. The van der Waals surface area contributed by atoms with Crippen molar-refractivity contribution in [2.24, 2.45) is 5.92 Å². The molecule has 0 bridgehead atoms. The Balaban J connectivity index is 1.45. The molecule has 1 aliphatic rings. The first-order chi connectivity index (χ1) is 13.8. The van der Waals surface area contributed by atoms with Gasteiger partial charge in [-0.05, 0) is 37.0 Å². The summed E-state index contributed by atoms with van der Waals surface area (Å²) in [6.45, 7) is 1.63. The molecule has 0 atom stereocenters. The Hall–Kier alpha value is -2.62. The smallest absolute Gasteiger partial charge is 0.435 e. The zero-order valence-corrected chi connectivity index (χ0v) is 16.5. The molecule has 4 rings (SSSR count). The van der Waals surface area contributed by atoms with Crippen LogP contribution in [0.2, 0.25) is 0 Å². The summed E-state index contributed by atoms with van der Waals surface area (Å²) in [5, 5.41) is 4.40. The number of hydrogen-bond donors (Lipinski definition) is 0. The highest BCUT2D eigenvalue weighted by Crippen LogP contribution is 2.35. The van der Waals surface area contributed by atoms with Crippen molar-refractivity contribution in [3.63, 3.8) is 0 Å². The van der Waals surface area contributed by atoms with Crippen molar-refractivity contribution in [1.82, 2.24) is 14.8 Å². The topological polar surface area (TPSA) is 60.2 Å². The van der Waals surface area contributed by atoms with Crippen LogP contribution in [-0.4, -0.2) is 35.0 Å². The van der Waals surface area contributed by atoms with E-state index in [9.17, 15) is 18.0 Å². The van der Waals surface area contributed by atoms with Crippen molar-refractivity contribution in [2.45, 2.75) is 25.6 Å². The van der Waals surface area contributed by atoms with Gasteiger partial charge in [0.15, 0.2) is 10.8 Å². The average molecular weight is 424 g/mol. The summed E-state index contributed by atoms with van der Waals surface area (Å²) in [7, 11) is 1.61. The van der Waals surface area contributed by atoms with E-state index in [2.05, 4.69) is 10.00 Å². The number of hydrogen-bond acceptors (Lipinski definition) is 6. The van der Waals surface area contributed by atoms with Gasteiger partial charge in [-0.25, -0.2) is 9.67 Å². The number of methoxy groups -OCH3 is 1. The quantitative estimate of drug-likeness (QED) is 0.638. The van der Waals surface area contributed by atoms with Crippen LogP contribution in [0.25, 0.3) is 10.2 Å². The highest BCUT2D eigenvalue weighted by atomic mass is 32.1. The SMILES string of the molecule is COc1cccc2sc(N3CCC(Cn4nc(C(F)(F)F)ccc4=O)CC3)nc12. The lowest BCUT2D eigenvalue weighted by Crippen LogP contribution is -2.37. The molecule has 3 heterocycles. The lowest BCUT2D eigenvalue weighted by molar-refractivity contribution is -0.142. The second kappa shape index (κ2) is 7.66. The number of benzene rings is 1. The zero-order chi connectivity index (χ0) is 20.6. The van der Waals surface area contributed by atoms with Crippen LogP contribution in [0.15, 0.2) is 35.1 Å². The summed E-state index contributed by atoms with van der Waals surface area (Å²) in [4.78, 5) is 18.8. The Morgan fingerprint density at radius 2 is 1.97 bits per heavy atom. The number of aromatic nitrogens is 3. The number of anilines is 1. The summed E-state index contributed by atoms with van der Waals surface area (Å²) >= 11 is 1.59. The molecule has 0 unspecified atom stereocenters. The third-order valence-electron chi connectivity index (χ3n) is 5.06. The predicted octanol–water partition coefficient (Wildman–Crippen LogP) is 3.80. The van der Waals surface area contributed by atoms with Crippen molar-refractivity contribution in [3.8, 4) is 5.75 Å². The highest BCUT2D eigenvalue weighted by molar-refractivity contribution is 7.22. The van der Waals surface area contributed by atoms with E-state index in [0.717, 1.165) is 63.8 Å². The summed E-state index contributed by atoms with van der Waals surface area (Å²) < 4.78 is 45.9. The maximum absolute atomic E-state index is 12.9. The Labute approximate surface area is 168 Å². The first-order valence-electron chi connectivity index (χ1n) is 9.19. The maximum Gasteiger partial charge on any atom is 0.435 e. The van der Waals surface area contributed by atoms with Crippen LogP contribution in [0.5, 0.6) is 5.75 Å². The minimum absolute atomic E-state index is 0.0869. The van der Waals surface area contributed by atoms with Gasteiger partial charge in [0.2, 0.25) is 0 Å². The number of fused-ring (bicyclic) bond motifs is 1. The van der Waals surface area contributed by atoms with Crippen LogP contribution in [0, 0.1) is 5.92 Å². The molecule has 1 saturated heterocycles. The van der Waals surface area contributed by atoms with E-state index in [4.69, 9.17) is 9.72 Å². The first kappa shape index (κ1) is 19.7. The largest absolute Gasteiger partial charge is 0.494 e. The van der Waals surface area contributed by atoms with Crippen molar-refractivity contribution in [1.29, 1.82) is 0 Å². The third-order valence-corrected chi connectivity index (χ3v) is 6.15. The van der Waals surface area contributed by atoms with Gasteiger partial charge in [0.05, 0.1) is 11.8 Å². The first-order valence-corrected chi connectivity index (χ1v) is 10.0. The van der Waals surface area contributed by atoms with Gasteiger partial charge in [-0.2, -0.15) is 18.3 Å². The average Bonchev–Trinajstić information content (AvgIpc) is 3.13.